The summed E-state index contributed by atoms with van der Waals surface area (Å²) >= 11 is 6.43. The van der Waals surface area contributed by atoms with E-state index in [2.05, 4.69) is 10.2 Å². The molecule has 0 aliphatic carbocycles. The van der Waals surface area contributed by atoms with E-state index in [1.54, 1.807) is 40.4 Å². The molecular formula is C24H26ClN3O6. The third-order valence-electron chi connectivity index (χ3n) is 5.50. The van der Waals surface area contributed by atoms with Crippen molar-refractivity contribution in [2.45, 2.75) is 32.2 Å². The number of methoxy groups -OCH3 is 3. The monoisotopic (exact) mass is 487 g/mol. The van der Waals surface area contributed by atoms with Crippen LogP contribution >= 0.6 is 11.6 Å². The van der Waals surface area contributed by atoms with Crippen molar-refractivity contribution in [1.29, 1.82) is 0 Å². The summed E-state index contributed by atoms with van der Waals surface area (Å²) in [6, 6.07) is 11.0. The van der Waals surface area contributed by atoms with Gasteiger partial charge in [-0.1, -0.05) is 23.7 Å². The molecule has 0 radical (unpaired) electrons. The Balaban J connectivity index is 1.95. The van der Waals surface area contributed by atoms with Gasteiger partial charge in [0.25, 0.3) is 0 Å². The van der Waals surface area contributed by atoms with E-state index in [9.17, 15) is 4.79 Å². The Morgan fingerprint density at radius 1 is 1.12 bits per heavy atom. The minimum Gasteiger partial charge on any atom is -0.493 e. The minimum absolute atomic E-state index is 0.0521. The molecule has 0 fully saturated rings. The van der Waals surface area contributed by atoms with Crippen LogP contribution in [0.25, 0.3) is 5.69 Å². The van der Waals surface area contributed by atoms with E-state index in [-0.39, 0.29) is 19.6 Å². The van der Waals surface area contributed by atoms with E-state index < -0.39 is 18.2 Å². The van der Waals surface area contributed by atoms with E-state index in [1.165, 1.54) is 0 Å². The lowest BCUT2D eigenvalue weighted by Gasteiger charge is -2.24. The lowest BCUT2D eigenvalue weighted by Crippen LogP contribution is -2.17. The summed E-state index contributed by atoms with van der Waals surface area (Å²) in [5.41, 5.74) is 2.23. The zero-order chi connectivity index (χ0) is 24.2. The van der Waals surface area contributed by atoms with Crippen molar-refractivity contribution in [3.8, 4) is 17.2 Å². The van der Waals surface area contributed by atoms with Gasteiger partial charge in [0.15, 0.2) is 23.1 Å². The molecule has 2 heterocycles. The minimum atomic E-state index is -0.760. The highest BCUT2D eigenvalue weighted by molar-refractivity contribution is 6.30. The predicted molar refractivity (Wildman–Crippen MR) is 124 cm³/mol. The number of fused-ring (bicyclic) bond motifs is 3. The van der Waals surface area contributed by atoms with Gasteiger partial charge in [-0.05, 0) is 31.2 Å². The second-order valence-corrected chi connectivity index (χ2v) is 7.98. The summed E-state index contributed by atoms with van der Waals surface area (Å²) in [6.07, 6.45) is -1.47. The number of hydrogen-bond acceptors (Lipinski definition) is 8. The van der Waals surface area contributed by atoms with Gasteiger partial charge in [-0.25, -0.2) is 0 Å². The first-order valence-corrected chi connectivity index (χ1v) is 11.1. The molecule has 0 saturated carbocycles. The Hall–Kier alpha value is -3.14. The zero-order valence-electron chi connectivity index (χ0n) is 19.4. The molecule has 2 atom stereocenters. The van der Waals surface area contributed by atoms with Gasteiger partial charge in [0, 0.05) is 23.3 Å². The first-order chi connectivity index (χ1) is 16.5. The summed E-state index contributed by atoms with van der Waals surface area (Å²) in [6.45, 7) is 2.23. The normalized spacial score (nSPS) is 16.9. The number of carbonyl (C=O) groups is 1. The fourth-order valence-electron chi connectivity index (χ4n) is 4.13. The highest BCUT2D eigenvalue weighted by atomic mass is 35.5. The maximum Gasteiger partial charge on any atom is 0.308 e. The van der Waals surface area contributed by atoms with Gasteiger partial charge >= 0.3 is 5.97 Å². The molecule has 1 aromatic heterocycles. The summed E-state index contributed by atoms with van der Waals surface area (Å²) in [7, 11) is 4.72. The molecular weight excluding hydrogens is 462 g/mol. The molecule has 1 unspecified atom stereocenters. The quantitative estimate of drug-likeness (QED) is 0.436. The number of esters is 1. The SMILES string of the molecule is CCOC(=O)CC1O[C@@H](c2cccc(OC)c2OC)c2cc(Cl)ccc2-n2c(COC)nnc21. The highest BCUT2D eigenvalue weighted by Crippen LogP contribution is 2.46. The molecule has 34 heavy (non-hydrogen) atoms. The third-order valence-corrected chi connectivity index (χ3v) is 5.74. The number of ether oxygens (including phenoxy) is 5. The van der Waals surface area contributed by atoms with Gasteiger partial charge in [-0.2, -0.15) is 0 Å². The van der Waals surface area contributed by atoms with Crippen LogP contribution in [0.15, 0.2) is 36.4 Å². The predicted octanol–water partition coefficient (Wildman–Crippen LogP) is 4.20. The molecule has 9 nitrogen and oxygen atoms in total. The largest absolute Gasteiger partial charge is 0.493 e. The Bertz CT molecular complexity index is 1180. The molecule has 10 heteroatoms. The molecule has 4 rings (SSSR count). The van der Waals surface area contributed by atoms with E-state index in [0.29, 0.717) is 33.7 Å². The molecule has 3 aromatic rings. The van der Waals surface area contributed by atoms with Gasteiger partial charge in [0.2, 0.25) is 0 Å². The van der Waals surface area contributed by atoms with Crippen LogP contribution in [0.2, 0.25) is 5.02 Å². The molecule has 180 valence electrons. The Morgan fingerprint density at radius 2 is 1.94 bits per heavy atom. The number of halogens is 1. The van der Waals surface area contributed by atoms with Crippen LogP contribution in [0.4, 0.5) is 0 Å². The van der Waals surface area contributed by atoms with Crippen molar-refractivity contribution < 1.29 is 28.5 Å². The standard InChI is InChI=1S/C24H26ClN3O6/c1-5-33-21(29)12-19-24-27-26-20(13-30-2)28(24)17-10-9-14(25)11-16(17)22(34-19)15-7-6-8-18(31-3)23(15)32-4/h6-11,19,22H,5,12-13H2,1-4H3/t19?,22-/m0/s1. The van der Waals surface area contributed by atoms with E-state index >= 15 is 0 Å². The highest BCUT2D eigenvalue weighted by Gasteiger charge is 2.36. The molecule has 0 bridgehead atoms. The molecule has 0 saturated heterocycles. The van der Waals surface area contributed by atoms with Gasteiger partial charge in [-0.15, -0.1) is 10.2 Å². The van der Waals surface area contributed by atoms with E-state index in [1.807, 2.05) is 28.8 Å². The fraction of sp³-hybridized carbons (Fsp3) is 0.375. The first kappa shape index (κ1) is 24.0. The van der Waals surface area contributed by atoms with Gasteiger partial charge in [0.05, 0.1) is 32.9 Å². The first-order valence-electron chi connectivity index (χ1n) is 10.8. The average molecular weight is 488 g/mol. The smallest absolute Gasteiger partial charge is 0.308 e. The van der Waals surface area contributed by atoms with Gasteiger partial charge in [0.1, 0.15) is 18.8 Å². The second kappa shape index (κ2) is 10.4. The third kappa shape index (κ3) is 4.46. The molecule has 2 aromatic carbocycles. The second-order valence-electron chi connectivity index (χ2n) is 7.54. The molecule has 0 spiro atoms. The lowest BCUT2D eigenvalue weighted by molar-refractivity contribution is -0.147. The van der Waals surface area contributed by atoms with Crippen LogP contribution in [0.3, 0.4) is 0 Å². The number of para-hydroxylation sites is 1. The lowest BCUT2D eigenvalue weighted by atomic mass is 9.98. The van der Waals surface area contributed by atoms with Crippen molar-refractivity contribution in [2.24, 2.45) is 0 Å². The van der Waals surface area contributed by atoms with Crippen LogP contribution in [0.5, 0.6) is 11.5 Å². The zero-order valence-corrected chi connectivity index (χ0v) is 20.2. The molecule has 0 N–H and O–H groups in total. The Morgan fingerprint density at radius 3 is 2.65 bits per heavy atom. The number of carbonyl (C=O) groups excluding carboxylic acids is 1. The van der Waals surface area contributed by atoms with Crippen LogP contribution in [0, 0.1) is 0 Å². The number of nitrogens with zero attached hydrogens (tertiary/aromatic N) is 3. The van der Waals surface area contributed by atoms with Crippen LogP contribution in [-0.2, 0) is 25.6 Å². The maximum atomic E-state index is 12.5. The summed E-state index contributed by atoms with van der Waals surface area (Å²) < 4.78 is 30.2. The molecule has 1 aliphatic heterocycles. The van der Waals surface area contributed by atoms with Crippen molar-refractivity contribution in [3.63, 3.8) is 0 Å². The summed E-state index contributed by atoms with van der Waals surface area (Å²) in [5, 5.41) is 9.19. The topological polar surface area (TPSA) is 93.9 Å². The summed E-state index contributed by atoms with van der Waals surface area (Å²) in [4.78, 5) is 12.5. The van der Waals surface area contributed by atoms with E-state index in [0.717, 1.165) is 11.3 Å². The van der Waals surface area contributed by atoms with Crippen molar-refractivity contribution in [1.82, 2.24) is 14.8 Å². The average Bonchev–Trinajstić information content (AvgIpc) is 3.19. The number of hydrogen-bond donors (Lipinski definition) is 0. The van der Waals surface area contributed by atoms with Crippen molar-refractivity contribution in [3.05, 3.63) is 64.2 Å². The van der Waals surface area contributed by atoms with Gasteiger partial charge in [-0.3, -0.25) is 9.36 Å². The van der Waals surface area contributed by atoms with Crippen molar-refractivity contribution >= 4 is 17.6 Å². The van der Waals surface area contributed by atoms with Crippen LogP contribution in [0.1, 0.15) is 48.3 Å². The van der Waals surface area contributed by atoms with Crippen molar-refractivity contribution in [2.75, 3.05) is 27.9 Å². The Kier molecular flexibility index (Phi) is 7.35. The number of rotatable bonds is 8. The molecule has 1 aliphatic rings. The number of aromatic nitrogens is 3. The summed E-state index contributed by atoms with van der Waals surface area (Å²) in [5.74, 6) is 1.70. The van der Waals surface area contributed by atoms with Crippen LogP contribution in [-0.4, -0.2) is 48.7 Å². The molecule has 0 amide bonds. The fourth-order valence-corrected chi connectivity index (χ4v) is 4.31. The van der Waals surface area contributed by atoms with E-state index in [4.69, 9.17) is 35.3 Å². The Labute approximate surface area is 202 Å². The van der Waals surface area contributed by atoms with Gasteiger partial charge < -0.3 is 23.7 Å². The maximum absolute atomic E-state index is 12.5. The van der Waals surface area contributed by atoms with Crippen LogP contribution < -0.4 is 9.47 Å². The number of benzene rings is 2.